The predicted molar refractivity (Wildman–Crippen MR) is 76.6 cm³/mol. The van der Waals surface area contributed by atoms with Crippen molar-refractivity contribution < 1.29 is 0 Å². The molecule has 6 heteroatoms. The first-order valence-electron chi connectivity index (χ1n) is 5.25. The molecule has 0 fully saturated rings. The van der Waals surface area contributed by atoms with Crippen molar-refractivity contribution >= 4 is 49.8 Å². The fraction of sp³-hybridized carbons (Fsp3) is 0. The van der Waals surface area contributed by atoms with E-state index < -0.39 is 0 Å². The zero-order valence-corrected chi connectivity index (χ0v) is 10.8. The van der Waals surface area contributed by atoms with Gasteiger partial charge in [0, 0.05) is 5.02 Å². The van der Waals surface area contributed by atoms with Gasteiger partial charge in [0.25, 0.3) is 0 Å². The summed E-state index contributed by atoms with van der Waals surface area (Å²) in [6, 6.07) is 9.23. The highest BCUT2D eigenvalue weighted by Gasteiger charge is 2.05. The van der Waals surface area contributed by atoms with Crippen LogP contribution in [0, 0.1) is 0 Å². The van der Waals surface area contributed by atoms with E-state index in [0.29, 0.717) is 16.5 Å². The first-order chi connectivity index (χ1) is 8.70. The summed E-state index contributed by atoms with van der Waals surface area (Å²) in [5.41, 5.74) is 7.13. The molecule has 90 valence electrons. The number of nitrogens with two attached hydrogens (primary N) is 1. The van der Waals surface area contributed by atoms with Crippen molar-refractivity contribution in [1.82, 2.24) is 9.97 Å². The Morgan fingerprint density at radius 3 is 2.89 bits per heavy atom. The molecule has 0 radical (unpaired) electrons. The second kappa shape index (κ2) is 4.44. The number of nitrogens with zero attached hydrogens (tertiary/aromatic N) is 2. The van der Waals surface area contributed by atoms with Gasteiger partial charge >= 0.3 is 0 Å². The van der Waals surface area contributed by atoms with Crippen LogP contribution in [0.4, 0.5) is 16.6 Å². The first-order valence-corrected chi connectivity index (χ1v) is 6.45. The van der Waals surface area contributed by atoms with E-state index in [-0.39, 0.29) is 0 Å². The number of hydrogen-bond donors (Lipinski definition) is 2. The van der Waals surface area contributed by atoms with E-state index in [1.54, 1.807) is 12.3 Å². The van der Waals surface area contributed by atoms with E-state index in [4.69, 9.17) is 17.3 Å². The molecular formula is C12H9ClN4S. The van der Waals surface area contributed by atoms with Crippen molar-refractivity contribution in [3.8, 4) is 0 Å². The fourth-order valence-electron chi connectivity index (χ4n) is 1.54. The first kappa shape index (κ1) is 11.3. The van der Waals surface area contributed by atoms with Gasteiger partial charge in [-0.25, -0.2) is 9.97 Å². The van der Waals surface area contributed by atoms with Crippen molar-refractivity contribution in [3.05, 3.63) is 41.6 Å². The second-order valence-corrected chi connectivity index (χ2v) is 5.20. The minimum atomic E-state index is 0.636. The Hall–Kier alpha value is -1.85. The molecule has 0 amide bonds. The summed E-state index contributed by atoms with van der Waals surface area (Å²) in [4.78, 5) is 8.61. The van der Waals surface area contributed by atoms with Gasteiger partial charge in [-0.15, -0.1) is 0 Å². The normalized spacial score (nSPS) is 10.7. The molecule has 18 heavy (non-hydrogen) atoms. The number of hydrogen-bond acceptors (Lipinski definition) is 5. The van der Waals surface area contributed by atoms with Crippen LogP contribution < -0.4 is 11.1 Å². The molecule has 3 N–H and O–H groups in total. The average molecular weight is 277 g/mol. The molecule has 0 saturated carbocycles. The summed E-state index contributed by atoms with van der Waals surface area (Å²) in [7, 11) is 0. The number of anilines is 3. The van der Waals surface area contributed by atoms with Gasteiger partial charge in [-0.05, 0) is 30.3 Å². The van der Waals surface area contributed by atoms with Crippen molar-refractivity contribution in [2.75, 3.05) is 11.1 Å². The van der Waals surface area contributed by atoms with E-state index in [1.165, 1.54) is 11.3 Å². The van der Waals surface area contributed by atoms with Crippen LogP contribution in [0.1, 0.15) is 0 Å². The quantitative estimate of drug-likeness (QED) is 0.749. The van der Waals surface area contributed by atoms with E-state index in [2.05, 4.69) is 15.3 Å². The smallest absolute Gasteiger partial charge is 0.189 e. The third kappa shape index (κ3) is 2.23. The number of fused-ring (bicyclic) bond motifs is 1. The third-order valence-electron chi connectivity index (χ3n) is 2.37. The topological polar surface area (TPSA) is 63.8 Å². The number of benzene rings is 1. The lowest BCUT2D eigenvalue weighted by Gasteiger charge is -2.00. The van der Waals surface area contributed by atoms with Gasteiger partial charge in [0.2, 0.25) is 0 Å². The Balaban J connectivity index is 1.92. The maximum atomic E-state index is 5.94. The summed E-state index contributed by atoms with van der Waals surface area (Å²) in [6.07, 6.45) is 1.60. The number of pyridine rings is 1. The Bertz CT molecular complexity index is 693. The van der Waals surface area contributed by atoms with Crippen molar-refractivity contribution in [2.45, 2.75) is 0 Å². The highest BCUT2D eigenvalue weighted by molar-refractivity contribution is 7.22. The fourth-order valence-corrected chi connectivity index (χ4v) is 2.69. The molecule has 0 bridgehead atoms. The van der Waals surface area contributed by atoms with Crippen molar-refractivity contribution in [3.63, 3.8) is 0 Å². The molecule has 4 nitrogen and oxygen atoms in total. The molecule has 3 rings (SSSR count). The third-order valence-corrected chi connectivity index (χ3v) is 3.54. The van der Waals surface area contributed by atoms with Gasteiger partial charge in [0.15, 0.2) is 5.13 Å². The van der Waals surface area contributed by atoms with Crippen LogP contribution in [0.25, 0.3) is 10.2 Å². The lowest BCUT2D eigenvalue weighted by atomic mass is 10.3. The van der Waals surface area contributed by atoms with Crippen LogP contribution in [0.3, 0.4) is 0 Å². The molecule has 0 saturated heterocycles. The Labute approximate surface area is 112 Å². The second-order valence-electron chi connectivity index (χ2n) is 3.73. The highest BCUT2D eigenvalue weighted by atomic mass is 35.5. The molecule has 0 aliphatic heterocycles. The molecule has 2 heterocycles. The number of aromatic nitrogens is 2. The molecule has 1 aromatic carbocycles. The summed E-state index contributed by atoms with van der Waals surface area (Å²) in [6.45, 7) is 0. The SMILES string of the molecule is Nc1ccc(Nc2nc3ccc(Cl)cc3s2)nc1. The molecule has 0 atom stereocenters. The molecule has 2 aromatic heterocycles. The minimum Gasteiger partial charge on any atom is -0.397 e. The molecular weight excluding hydrogens is 268 g/mol. The van der Waals surface area contributed by atoms with Gasteiger partial charge in [0.1, 0.15) is 5.82 Å². The molecule has 0 aliphatic rings. The van der Waals surface area contributed by atoms with Crippen molar-refractivity contribution in [2.24, 2.45) is 0 Å². The number of rotatable bonds is 2. The largest absolute Gasteiger partial charge is 0.397 e. The predicted octanol–water partition coefficient (Wildman–Crippen LogP) is 3.67. The monoisotopic (exact) mass is 276 g/mol. The molecule has 0 unspecified atom stereocenters. The number of thiazole rings is 1. The Morgan fingerprint density at radius 2 is 2.11 bits per heavy atom. The zero-order chi connectivity index (χ0) is 12.5. The highest BCUT2D eigenvalue weighted by Crippen LogP contribution is 2.29. The number of halogens is 1. The van der Waals surface area contributed by atoms with Crippen LogP contribution in [-0.2, 0) is 0 Å². The van der Waals surface area contributed by atoms with Gasteiger partial charge in [-0.3, -0.25) is 0 Å². The summed E-state index contributed by atoms with van der Waals surface area (Å²) in [5, 5.41) is 4.63. The van der Waals surface area contributed by atoms with E-state index in [1.807, 2.05) is 24.3 Å². The minimum absolute atomic E-state index is 0.636. The summed E-state index contributed by atoms with van der Waals surface area (Å²) < 4.78 is 1.04. The standard InChI is InChI=1S/C12H9ClN4S/c13-7-1-3-9-10(5-7)18-12(16-9)17-11-4-2-8(14)6-15-11/h1-6H,14H2,(H,15,16,17). The van der Waals surface area contributed by atoms with Crippen LogP contribution in [-0.4, -0.2) is 9.97 Å². The van der Waals surface area contributed by atoms with Crippen LogP contribution in [0.15, 0.2) is 36.5 Å². The number of nitrogens with one attached hydrogen (secondary N) is 1. The Kier molecular flexibility index (Phi) is 2.77. The van der Waals surface area contributed by atoms with Crippen LogP contribution >= 0.6 is 22.9 Å². The van der Waals surface area contributed by atoms with E-state index in [0.717, 1.165) is 15.3 Å². The zero-order valence-electron chi connectivity index (χ0n) is 9.22. The van der Waals surface area contributed by atoms with Gasteiger partial charge in [-0.2, -0.15) is 0 Å². The van der Waals surface area contributed by atoms with E-state index in [9.17, 15) is 0 Å². The van der Waals surface area contributed by atoms with Crippen molar-refractivity contribution in [1.29, 1.82) is 0 Å². The van der Waals surface area contributed by atoms with Gasteiger partial charge in [0.05, 0.1) is 22.1 Å². The Morgan fingerprint density at radius 1 is 1.22 bits per heavy atom. The molecule has 0 spiro atoms. The maximum absolute atomic E-state index is 5.94. The molecule has 0 aliphatic carbocycles. The molecule has 3 aromatic rings. The number of nitrogen functional groups attached to an aromatic ring is 1. The van der Waals surface area contributed by atoms with Crippen LogP contribution in [0.5, 0.6) is 0 Å². The summed E-state index contributed by atoms with van der Waals surface area (Å²) >= 11 is 7.47. The lowest BCUT2D eigenvalue weighted by Crippen LogP contribution is -1.93. The maximum Gasteiger partial charge on any atom is 0.189 e. The average Bonchev–Trinajstić information content (AvgIpc) is 2.73. The van der Waals surface area contributed by atoms with E-state index >= 15 is 0 Å². The van der Waals surface area contributed by atoms with Gasteiger partial charge in [-0.1, -0.05) is 22.9 Å². The van der Waals surface area contributed by atoms with Gasteiger partial charge < -0.3 is 11.1 Å². The lowest BCUT2D eigenvalue weighted by molar-refractivity contribution is 1.30. The van der Waals surface area contributed by atoms with Crippen LogP contribution in [0.2, 0.25) is 5.02 Å². The summed E-state index contributed by atoms with van der Waals surface area (Å²) in [5.74, 6) is 0.717.